The third-order valence-electron chi connectivity index (χ3n) is 1.82. The topological polar surface area (TPSA) is 82.3 Å². The molecule has 6 nitrogen and oxygen atoms in total. The summed E-state index contributed by atoms with van der Waals surface area (Å²) in [5.74, 6) is 0.206. The van der Waals surface area contributed by atoms with E-state index in [1.54, 1.807) is 0 Å². The fraction of sp³-hybridized carbons (Fsp3) is 0.600. The van der Waals surface area contributed by atoms with E-state index in [2.05, 4.69) is 34.4 Å². The molecule has 6 heteroatoms. The van der Waals surface area contributed by atoms with Crippen LogP contribution >= 0.6 is 0 Å². The van der Waals surface area contributed by atoms with Crippen LogP contribution in [0.25, 0.3) is 0 Å². The van der Waals surface area contributed by atoms with Crippen molar-refractivity contribution in [2.45, 2.75) is 0 Å². The van der Waals surface area contributed by atoms with Gasteiger partial charge in [0.15, 0.2) is 0 Å². The summed E-state index contributed by atoms with van der Waals surface area (Å²) < 4.78 is 0. The molecule has 2 saturated heterocycles. The van der Waals surface area contributed by atoms with E-state index in [1.165, 1.54) is 0 Å². The molecule has 0 radical (unpaired) electrons. The molecule has 2 rings (SSSR count). The van der Waals surface area contributed by atoms with Gasteiger partial charge in [-0.1, -0.05) is 0 Å². The van der Waals surface area contributed by atoms with Gasteiger partial charge in [-0.2, -0.15) is 0 Å². The van der Waals surface area contributed by atoms with E-state index >= 15 is 0 Å². The molecule has 0 atom stereocenters. The maximum Gasteiger partial charge on any atom is 0.234 e. The summed E-state index contributed by atoms with van der Waals surface area (Å²) in [6.07, 6.45) is 0. The molecule has 4 N–H and O–H groups in total. The zero-order chi connectivity index (χ0) is 12.2. The Bertz CT molecular complexity index is 183. The molecule has 92 valence electrons. The highest BCUT2D eigenvalue weighted by Gasteiger charge is 2.03. The summed E-state index contributed by atoms with van der Waals surface area (Å²) in [5, 5.41) is 11.2. The normalized spacial score (nSPS) is 19.0. The van der Waals surface area contributed by atoms with E-state index in [0.29, 0.717) is 13.1 Å². The Morgan fingerprint density at radius 2 is 1.12 bits per heavy atom. The van der Waals surface area contributed by atoms with Crippen LogP contribution in [0.1, 0.15) is 0 Å². The monoisotopic (exact) mass is 228 g/mol. The van der Waals surface area contributed by atoms with Gasteiger partial charge in [-0.3, -0.25) is 9.59 Å². The number of rotatable bonds is 0. The van der Waals surface area contributed by atoms with Crippen LogP contribution in [0.2, 0.25) is 0 Å². The third-order valence-corrected chi connectivity index (χ3v) is 1.82. The summed E-state index contributed by atoms with van der Waals surface area (Å²) in [7, 11) is 0. The Hall–Kier alpha value is -1.40. The van der Waals surface area contributed by atoms with E-state index in [9.17, 15) is 9.59 Å². The molecule has 16 heavy (non-hydrogen) atoms. The molecule has 0 bridgehead atoms. The van der Waals surface area contributed by atoms with Crippen molar-refractivity contribution in [2.75, 3.05) is 39.3 Å². The molecular formula is C10H20N4O2. The quantitative estimate of drug-likeness (QED) is 0.369. The minimum atomic E-state index is 0.103. The Morgan fingerprint density at radius 1 is 0.750 bits per heavy atom. The average molecular weight is 228 g/mol. The molecule has 2 amide bonds. The second kappa shape index (κ2) is 10.1. The maximum absolute atomic E-state index is 10.3. The Kier molecular flexibility index (Phi) is 9.24. The molecule has 0 unspecified atom stereocenters. The summed E-state index contributed by atoms with van der Waals surface area (Å²) in [4.78, 5) is 20.6. The summed E-state index contributed by atoms with van der Waals surface area (Å²) in [6.45, 7) is 10.3. The van der Waals surface area contributed by atoms with Gasteiger partial charge >= 0.3 is 0 Å². The number of carbonyl (C=O) groups is 2. The van der Waals surface area contributed by atoms with Gasteiger partial charge in [0.2, 0.25) is 11.8 Å². The highest BCUT2D eigenvalue weighted by molar-refractivity contribution is 5.78. The molecule has 2 aliphatic heterocycles. The second-order valence-corrected chi connectivity index (χ2v) is 3.05. The van der Waals surface area contributed by atoms with Crippen LogP contribution in [0, 0.1) is 0 Å². The van der Waals surface area contributed by atoms with Crippen LogP contribution in [0.5, 0.6) is 0 Å². The Labute approximate surface area is 95.9 Å². The first-order valence-corrected chi connectivity index (χ1v) is 5.24. The van der Waals surface area contributed by atoms with Crippen LogP contribution in [-0.4, -0.2) is 51.1 Å². The van der Waals surface area contributed by atoms with E-state index in [4.69, 9.17) is 0 Å². The lowest BCUT2D eigenvalue weighted by atomic mass is 10.4. The molecule has 2 fully saturated rings. The standard InChI is InChI=1S/2C4H8N2O.C2H4/c2*7-4-3-5-1-2-6-4;1-2/h2*5H,1-3H2,(H,6,7);1-2H2. The van der Waals surface area contributed by atoms with Crippen molar-refractivity contribution in [2.24, 2.45) is 0 Å². The van der Waals surface area contributed by atoms with Gasteiger partial charge in [0, 0.05) is 26.2 Å². The fourth-order valence-electron chi connectivity index (χ4n) is 1.11. The van der Waals surface area contributed by atoms with E-state index < -0.39 is 0 Å². The van der Waals surface area contributed by atoms with Crippen molar-refractivity contribution >= 4 is 11.8 Å². The molecule has 0 saturated carbocycles. The fourth-order valence-corrected chi connectivity index (χ4v) is 1.11. The van der Waals surface area contributed by atoms with Crippen LogP contribution in [-0.2, 0) is 9.59 Å². The first-order valence-electron chi connectivity index (χ1n) is 5.24. The molecule has 0 aromatic carbocycles. The number of piperazine rings is 2. The maximum atomic E-state index is 10.3. The van der Waals surface area contributed by atoms with Gasteiger partial charge in [-0.05, 0) is 0 Å². The highest BCUT2D eigenvalue weighted by atomic mass is 16.2. The van der Waals surface area contributed by atoms with Crippen LogP contribution in [0.3, 0.4) is 0 Å². The van der Waals surface area contributed by atoms with Gasteiger partial charge in [0.05, 0.1) is 13.1 Å². The molecule has 2 heterocycles. The largest absolute Gasteiger partial charge is 0.354 e. The number of hydrogen-bond donors (Lipinski definition) is 4. The minimum Gasteiger partial charge on any atom is -0.354 e. The van der Waals surface area contributed by atoms with Gasteiger partial charge in [0.1, 0.15) is 0 Å². The van der Waals surface area contributed by atoms with Crippen molar-refractivity contribution < 1.29 is 9.59 Å². The van der Waals surface area contributed by atoms with Gasteiger partial charge in [-0.25, -0.2) is 0 Å². The first kappa shape index (κ1) is 14.6. The lowest BCUT2D eigenvalue weighted by Crippen LogP contribution is -2.44. The van der Waals surface area contributed by atoms with Crippen molar-refractivity contribution in [3.63, 3.8) is 0 Å². The first-order chi connectivity index (χ1) is 7.79. The minimum absolute atomic E-state index is 0.103. The SMILES string of the molecule is C=C.O=C1CNCCN1.O=C1CNCCN1. The molecule has 2 aliphatic rings. The van der Waals surface area contributed by atoms with Crippen molar-refractivity contribution in [3.05, 3.63) is 13.2 Å². The zero-order valence-electron chi connectivity index (χ0n) is 9.47. The number of amides is 2. The molecule has 0 aromatic rings. The number of hydrogen-bond acceptors (Lipinski definition) is 4. The Balaban J connectivity index is 0.000000244. The van der Waals surface area contributed by atoms with Gasteiger partial charge in [-0.15, -0.1) is 13.2 Å². The van der Waals surface area contributed by atoms with Crippen molar-refractivity contribution in [1.29, 1.82) is 0 Å². The van der Waals surface area contributed by atoms with Crippen LogP contribution in [0.15, 0.2) is 13.2 Å². The third kappa shape index (κ3) is 7.95. The molecule has 0 aromatic heterocycles. The smallest absolute Gasteiger partial charge is 0.234 e. The van der Waals surface area contributed by atoms with E-state index in [0.717, 1.165) is 26.2 Å². The predicted molar refractivity (Wildman–Crippen MR) is 63.0 cm³/mol. The van der Waals surface area contributed by atoms with E-state index in [1.807, 2.05) is 0 Å². The van der Waals surface area contributed by atoms with Crippen LogP contribution < -0.4 is 21.3 Å². The van der Waals surface area contributed by atoms with E-state index in [-0.39, 0.29) is 11.8 Å². The average Bonchev–Trinajstić information content (AvgIpc) is 2.34. The number of nitrogens with one attached hydrogen (secondary N) is 4. The molecule has 0 spiro atoms. The van der Waals surface area contributed by atoms with Gasteiger partial charge in [0.25, 0.3) is 0 Å². The lowest BCUT2D eigenvalue weighted by molar-refractivity contribution is -0.121. The second-order valence-electron chi connectivity index (χ2n) is 3.05. The Morgan fingerprint density at radius 3 is 1.25 bits per heavy atom. The lowest BCUT2D eigenvalue weighted by Gasteiger charge is -2.11. The summed E-state index contributed by atoms with van der Waals surface area (Å²) >= 11 is 0. The van der Waals surface area contributed by atoms with Gasteiger partial charge < -0.3 is 21.3 Å². The van der Waals surface area contributed by atoms with Crippen molar-refractivity contribution in [3.8, 4) is 0 Å². The van der Waals surface area contributed by atoms with Crippen LogP contribution in [0.4, 0.5) is 0 Å². The predicted octanol–water partition coefficient (Wildman–Crippen LogP) is -1.79. The summed E-state index contributed by atoms with van der Waals surface area (Å²) in [5.41, 5.74) is 0. The number of carbonyl (C=O) groups excluding carboxylic acids is 2. The van der Waals surface area contributed by atoms with Crippen molar-refractivity contribution in [1.82, 2.24) is 21.3 Å². The molecular weight excluding hydrogens is 208 g/mol. The molecule has 0 aliphatic carbocycles. The highest BCUT2D eigenvalue weighted by Crippen LogP contribution is 1.70. The zero-order valence-corrected chi connectivity index (χ0v) is 9.47. The summed E-state index contributed by atoms with van der Waals surface area (Å²) in [6, 6.07) is 0.